The summed E-state index contributed by atoms with van der Waals surface area (Å²) in [5, 5.41) is 8.75. The molecule has 2 N–H and O–H groups in total. The van der Waals surface area contributed by atoms with Gasteiger partial charge >= 0.3 is 0 Å². The predicted molar refractivity (Wildman–Crippen MR) is 125 cm³/mol. The van der Waals surface area contributed by atoms with Gasteiger partial charge in [-0.2, -0.15) is 5.10 Å². The Bertz CT molecular complexity index is 1570. The van der Waals surface area contributed by atoms with Gasteiger partial charge < -0.3 is 4.98 Å². The Balaban J connectivity index is 1.52. The summed E-state index contributed by atoms with van der Waals surface area (Å²) < 4.78 is 0. The average Bonchev–Trinajstić information content (AvgIpc) is 3.50. The number of H-pyrrole nitrogens is 2. The van der Waals surface area contributed by atoms with Gasteiger partial charge in [-0.05, 0) is 61.9 Å². The molecule has 0 saturated carbocycles. The summed E-state index contributed by atoms with van der Waals surface area (Å²) in [5.74, 6) is 0. The molecule has 7 heteroatoms. The first-order valence-electron chi connectivity index (χ1n) is 9.98. The van der Waals surface area contributed by atoms with E-state index in [4.69, 9.17) is 4.98 Å². The molecule has 6 heterocycles. The fourth-order valence-corrected chi connectivity index (χ4v) is 4.82. The molecule has 31 heavy (non-hydrogen) atoms. The summed E-state index contributed by atoms with van der Waals surface area (Å²) in [7, 11) is 0. The monoisotopic (exact) mass is 422 g/mol. The van der Waals surface area contributed by atoms with Crippen molar-refractivity contribution in [3.8, 4) is 33.1 Å². The zero-order valence-electron chi connectivity index (χ0n) is 17.0. The van der Waals surface area contributed by atoms with Crippen LogP contribution in [-0.4, -0.2) is 30.1 Å². The van der Waals surface area contributed by atoms with E-state index in [-0.39, 0.29) is 0 Å². The first kappa shape index (κ1) is 18.0. The van der Waals surface area contributed by atoms with Crippen molar-refractivity contribution in [2.24, 2.45) is 0 Å². The molecule has 0 bridgehead atoms. The lowest BCUT2D eigenvalue weighted by atomic mass is 10.1. The number of fused-ring (bicyclic) bond motifs is 2. The number of aryl methyl sites for hydroxylation is 2. The lowest BCUT2D eigenvalue weighted by Gasteiger charge is -2.04. The number of aromatic amines is 2. The fraction of sp³-hybridized carbons (Fsp3) is 0.0833. The maximum absolute atomic E-state index is 4.92. The van der Waals surface area contributed by atoms with Crippen molar-refractivity contribution in [3.05, 3.63) is 71.5 Å². The fourth-order valence-electron chi connectivity index (χ4n) is 3.92. The lowest BCUT2D eigenvalue weighted by Crippen LogP contribution is -1.89. The summed E-state index contributed by atoms with van der Waals surface area (Å²) in [6.45, 7) is 4.19. The van der Waals surface area contributed by atoms with Crippen LogP contribution >= 0.6 is 11.3 Å². The maximum atomic E-state index is 4.92. The van der Waals surface area contributed by atoms with Crippen LogP contribution in [0.2, 0.25) is 0 Å². The van der Waals surface area contributed by atoms with Crippen LogP contribution in [0.1, 0.15) is 10.4 Å². The zero-order chi connectivity index (χ0) is 20.9. The lowest BCUT2D eigenvalue weighted by molar-refractivity contribution is 1.12. The van der Waals surface area contributed by atoms with E-state index in [1.54, 1.807) is 17.5 Å². The highest BCUT2D eigenvalue weighted by molar-refractivity contribution is 7.15. The third-order valence-corrected chi connectivity index (χ3v) is 6.55. The second-order valence-corrected chi connectivity index (χ2v) is 8.86. The van der Waals surface area contributed by atoms with Crippen LogP contribution in [0, 0.1) is 13.8 Å². The number of rotatable bonds is 3. The summed E-state index contributed by atoms with van der Waals surface area (Å²) in [5.41, 5.74) is 8.43. The summed E-state index contributed by atoms with van der Waals surface area (Å²) in [6.07, 6.45) is 5.49. The van der Waals surface area contributed by atoms with Crippen LogP contribution in [0.15, 0.2) is 61.1 Å². The largest absolute Gasteiger partial charge is 0.338 e. The molecule has 6 nitrogen and oxygen atoms in total. The number of nitrogens with one attached hydrogen (secondary N) is 2. The molecule has 0 aliphatic rings. The molecule has 0 fully saturated rings. The van der Waals surface area contributed by atoms with Crippen molar-refractivity contribution < 1.29 is 0 Å². The Kier molecular flexibility index (Phi) is 3.97. The zero-order valence-corrected chi connectivity index (χ0v) is 17.8. The molecule has 6 rings (SSSR count). The van der Waals surface area contributed by atoms with Crippen LogP contribution in [0.4, 0.5) is 0 Å². The highest BCUT2D eigenvalue weighted by Gasteiger charge is 2.16. The number of aromatic nitrogens is 6. The molecule has 0 aliphatic heterocycles. The molecule has 0 aliphatic carbocycles. The molecule has 0 amide bonds. The minimum absolute atomic E-state index is 0.782. The number of hydrogen-bond acceptors (Lipinski definition) is 5. The second-order valence-electron chi connectivity index (χ2n) is 7.57. The van der Waals surface area contributed by atoms with Crippen molar-refractivity contribution in [2.75, 3.05) is 0 Å². The van der Waals surface area contributed by atoms with Gasteiger partial charge in [0, 0.05) is 44.9 Å². The molecule has 0 saturated heterocycles. The highest BCUT2D eigenvalue weighted by Crippen LogP contribution is 2.36. The highest BCUT2D eigenvalue weighted by atomic mass is 32.1. The Labute approximate surface area is 182 Å². The van der Waals surface area contributed by atoms with Crippen molar-refractivity contribution in [2.45, 2.75) is 13.8 Å². The smallest absolute Gasteiger partial charge is 0.138 e. The van der Waals surface area contributed by atoms with Crippen LogP contribution in [0.25, 0.3) is 55.2 Å². The van der Waals surface area contributed by atoms with E-state index in [0.29, 0.717) is 0 Å². The molecule has 0 spiro atoms. The van der Waals surface area contributed by atoms with Gasteiger partial charge in [-0.15, -0.1) is 11.3 Å². The van der Waals surface area contributed by atoms with E-state index in [0.717, 1.165) is 50.3 Å². The number of hydrogen-bond donors (Lipinski definition) is 2. The summed E-state index contributed by atoms with van der Waals surface area (Å²) in [6, 6.07) is 14.5. The molecule has 150 valence electrons. The average molecular weight is 423 g/mol. The van der Waals surface area contributed by atoms with Gasteiger partial charge in [0.05, 0.1) is 16.9 Å². The summed E-state index contributed by atoms with van der Waals surface area (Å²) in [4.78, 5) is 19.7. The second kappa shape index (κ2) is 6.85. The quantitative estimate of drug-likeness (QED) is 0.371. The van der Waals surface area contributed by atoms with Crippen molar-refractivity contribution in [1.82, 2.24) is 30.1 Å². The maximum Gasteiger partial charge on any atom is 0.138 e. The Hall–Kier alpha value is -3.84. The van der Waals surface area contributed by atoms with Crippen LogP contribution < -0.4 is 0 Å². The normalized spacial score (nSPS) is 11.5. The molecule has 6 aromatic rings. The topological polar surface area (TPSA) is 83.1 Å². The molecular weight excluding hydrogens is 404 g/mol. The van der Waals surface area contributed by atoms with Gasteiger partial charge in [-0.25, -0.2) is 9.97 Å². The van der Waals surface area contributed by atoms with Crippen molar-refractivity contribution in [3.63, 3.8) is 0 Å². The Morgan fingerprint density at radius 1 is 0.935 bits per heavy atom. The SMILES string of the molecule is Cc1ccc(-c2ccnc3[nH]c(-c4n[nH]c5ccc(-c6cnccc6C)nc45)cc23)s1. The van der Waals surface area contributed by atoms with E-state index in [1.165, 1.54) is 15.3 Å². The van der Waals surface area contributed by atoms with Crippen LogP contribution in [-0.2, 0) is 0 Å². The molecule has 0 atom stereocenters. The minimum atomic E-state index is 0.782. The van der Waals surface area contributed by atoms with Gasteiger partial charge in [0.1, 0.15) is 16.9 Å². The minimum Gasteiger partial charge on any atom is -0.338 e. The third-order valence-electron chi connectivity index (χ3n) is 5.52. The number of thiophene rings is 1. The van der Waals surface area contributed by atoms with Crippen LogP contribution in [0.5, 0.6) is 0 Å². The standard InChI is InChI=1S/C24H18N6S/c1-13-7-9-25-12-17(13)18-4-5-19-22(27-18)23(30-29-19)20-11-16-15(8-10-26-24(16)28-20)21-6-3-14(2)31-21/h3-12H,1-2H3,(H,26,28)(H,29,30). The van der Waals surface area contributed by atoms with Gasteiger partial charge in [-0.1, -0.05) is 0 Å². The predicted octanol–water partition coefficient (Wildman–Crippen LogP) is 5.91. The van der Waals surface area contributed by atoms with E-state index >= 15 is 0 Å². The van der Waals surface area contributed by atoms with Crippen molar-refractivity contribution >= 4 is 33.4 Å². The number of nitrogens with zero attached hydrogens (tertiary/aromatic N) is 4. The molecule has 0 radical (unpaired) electrons. The Morgan fingerprint density at radius 3 is 2.71 bits per heavy atom. The van der Waals surface area contributed by atoms with Gasteiger partial charge in [0.15, 0.2) is 0 Å². The Morgan fingerprint density at radius 2 is 1.87 bits per heavy atom. The first-order valence-corrected chi connectivity index (χ1v) is 10.8. The van der Waals surface area contributed by atoms with Crippen molar-refractivity contribution in [1.29, 1.82) is 0 Å². The molecule has 6 aromatic heterocycles. The summed E-state index contributed by atoms with van der Waals surface area (Å²) >= 11 is 1.78. The molecule has 0 unspecified atom stereocenters. The molecule has 0 aromatic carbocycles. The number of pyridine rings is 3. The van der Waals surface area contributed by atoms with Gasteiger partial charge in [0.25, 0.3) is 0 Å². The van der Waals surface area contributed by atoms with Crippen LogP contribution in [0.3, 0.4) is 0 Å². The van der Waals surface area contributed by atoms with E-state index in [9.17, 15) is 0 Å². The molecular formula is C24H18N6S. The van der Waals surface area contributed by atoms with Gasteiger partial charge in [-0.3, -0.25) is 10.1 Å². The van der Waals surface area contributed by atoms with Gasteiger partial charge in [0.2, 0.25) is 0 Å². The van der Waals surface area contributed by atoms with E-state index in [1.807, 2.05) is 30.6 Å². The van der Waals surface area contributed by atoms with E-state index in [2.05, 4.69) is 63.3 Å². The first-order chi connectivity index (χ1) is 15.2. The van der Waals surface area contributed by atoms with E-state index < -0.39 is 0 Å². The third kappa shape index (κ3) is 2.93.